The highest BCUT2D eigenvalue weighted by Crippen LogP contribution is 2.47. The molecule has 0 saturated carbocycles. The van der Waals surface area contributed by atoms with Crippen molar-refractivity contribution in [2.45, 2.75) is 0 Å². The predicted octanol–water partition coefficient (Wildman–Crippen LogP) is 8.38. The van der Waals surface area contributed by atoms with Gasteiger partial charge in [-0.25, -0.2) is 0 Å². The summed E-state index contributed by atoms with van der Waals surface area (Å²) >= 11 is 0. The van der Waals surface area contributed by atoms with Crippen molar-refractivity contribution in [1.29, 1.82) is 0 Å². The first-order valence-electron chi connectivity index (χ1n) is 10.2. The molecule has 0 fully saturated rings. The second-order valence-corrected chi connectivity index (χ2v) is 8.09. The van der Waals surface area contributed by atoms with Gasteiger partial charge in [0.2, 0.25) is 0 Å². The molecular weight excluding hydrogens is 368 g/mol. The lowest BCUT2D eigenvalue weighted by atomic mass is 9.89. The van der Waals surface area contributed by atoms with E-state index in [4.69, 9.17) is 8.83 Å². The minimum Gasteiger partial charge on any atom is -0.456 e. The monoisotopic (exact) mass is 382 g/mol. The molecule has 2 heteroatoms. The zero-order chi connectivity index (χ0) is 19.4. The molecule has 2 heterocycles. The van der Waals surface area contributed by atoms with Gasteiger partial charge in [-0.05, 0) is 39.7 Å². The zero-order valence-electron chi connectivity index (χ0n) is 15.9. The second-order valence-electron chi connectivity index (χ2n) is 8.09. The topological polar surface area (TPSA) is 26.3 Å². The largest absolute Gasteiger partial charge is 0.456 e. The van der Waals surface area contributed by atoms with Crippen LogP contribution in [0.5, 0.6) is 0 Å². The van der Waals surface area contributed by atoms with E-state index in [0.717, 1.165) is 38.5 Å². The van der Waals surface area contributed by atoms with Crippen molar-refractivity contribution >= 4 is 76.2 Å². The highest BCUT2D eigenvalue weighted by molar-refractivity contribution is 6.40. The van der Waals surface area contributed by atoms with Crippen molar-refractivity contribution in [3.63, 3.8) is 0 Å². The van der Waals surface area contributed by atoms with Gasteiger partial charge in [-0.3, -0.25) is 0 Å². The number of rotatable bonds is 0. The van der Waals surface area contributed by atoms with Crippen LogP contribution in [0, 0.1) is 0 Å². The van der Waals surface area contributed by atoms with E-state index in [0.29, 0.717) is 0 Å². The molecule has 0 unspecified atom stereocenters. The summed E-state index contributed by atoms with van der Waals surface area (Å²) < 4.78 is 12.7. The number of hydrogen-bond acceptors (Lipinski definition) is 2. The highest BCUT2D eigenvalue weighted by Gasteiger charge is 2.21. The van der Waals surface area contributed by atoms with Crippen molar-refractivity contribution in [3.8, 4) is 0 Å². The molecule has 0 saturated heterocycles. The van der Waals surface area contributed by atoms with Crippen LogP contribution in [0.4, 0.5) is 0 Å². The van der Waals surface area contributed by atoms with Gasteiger partial charge in [-0.2, -0.15) is 0 Å². The van der Waals surface area contributed by atoms with Gasteiger partial charge in [-0.15, -0.1) is 0 Å². The summed E-state index contributed by atoms with van der Waals surface area (Å²) in [5.41, 5.74) is 3.69. The zero-order valence-corrected chi connectivity index (χ0v) is 15.9. The first kappa shape index (κ1) is 14.9. The van der Waals surface area contributed by atoms with Crippen LogP contribution >= 0.6 is 0 Å². The maximum atomic E-state index is 6.45. The SMILES string of the molecule is c1ccc2c(c1)oc1cc3c4oc5ccccc5c4c4cccc5ccc(c12)c3c54. The van der Waals surface area contributed by atoms with Gasteiger partial charge in [0.15, 0.2) is 0 Å². The fourth-order valence-electron chi connectivity index (χ4n) is 5.40. The van der Waals surface area contributed by atoms with E-state index in [-0.39, 0.29) is 0 Å². The molecule has 0 atom stereocenters. The summed E-state index contributed by atoms with van der Waals surface area (Å²) in [7, 11) is 0. The Kier molecular flexibility index (Phi) is 2.44. The van der Waals surface area contributed by atoms with E-state index in [1.165, 1.54) is 37.7 Å². The lowest BCUT2D eigenvalue weighted by Crippen LogP contribution is -1.86. The van der Waals surface area contributed by atoms with Crippen LogP contribution in [-0.2, 0) is 0 Å². The molecule has 0 amide bonds. The molecule has 8 aromatic rings. The van der Waals surface area contributed by atoms with Gasteiger partial charge in [0.1, 0.15) is 22.3 Å². The van der Waals surface area contributed by atoms with Gasteiger partial charge in [0.05, 0.1) is 0 Å². The molecule has 2 nitrogen and oxygen atoms in total. The second kappa shape index (κ2) is 4.92. The van der Waals surface area contributed by atoms with E-state index in [2.05, 4.69) is 66.7 Å². The third-order valence-electron chi connectivity index (χ3n) is 6.59. The smallest absolute Gasteiger partial charge is 0.144 e. The molecule has 6 aromatic carbocycles. The average Bonchev–Trinajstić information content (AvgIpc) is 3.36. The van der Waals surface area contributed by atoms with E-state index in [1.807, 2.05) is 18.2 Å². The Labute approximate surface area is 170 Å². The van der Waals surface area contributed by atoms with Crippen LogP contribution in [0.15, 0.2) is 93.8 Å². The molecule has 0 N–H and O–H groups in total. The summed E-state index contributed by atoms with van der Waals surface area (Å²) in [5.74, 6) is 0. The molecule has 30 heavy (non-hydrogen) atoms. The minimum absolute atomic E-state index is 0.906. The van der Waals surface area contributed by atoms with Crippen molar-refractivity contribution < 1.29 is 8.83 Å². The fourth-order valence-corrected chi connectivity index (χ4v) is 5.40. The maximum absolute atomic E-state index is 6.45. The van der Waals surface area contributed by atoms with Crippen LogP contribution in [0.1, 0.15) is 0 Å². The van der Waals surface area contributed by atoms with Crippen LogP contribution in [0.25, 0.3) is 76.2 Å². The standard InChI is InChI=1S/C28H14O2/c1-3-10-21-16(7-1)25-19-13-12-15-6-5-9-18-24(15)26(19)20(14-23(25)29-21)28-27(18)17-8-2-4-11-22(17)30-28/h1-14H. The lowest BCUT2D eigenvalue weighted by Gasteiger charge is -2.12. The Morgan fingerprint density at radius 1 is 0.400 bits per heavy atom. The number of hydrogen-bond donors (Lipinski definition) is 0. The molecule has 0 aliphatic rings. The average molecular weight is 382 g/mol. The van der Waals surface area contributed by atoms with Crippen molar-refractivity contribution in [1.82, 2.24) is 0 Å². The quantitative estimate of drug-likeness (QED) is 0.246. The molecule has 2 aromatic heterocycles. The lowest BCUT2D eigenvalue weighted by molar-refractivity contribution is 0.667. The molecular formula is C28H14O2. The first-order chi connectivity index (χ1) is 14.9. The van der Waals surface area contributed by atoms with Crippen LogP contribution in [0.3, 0.4) is 0 Å². The summed E-state index contributed by atoms with van der Waals surface area (Å²) in [6.45, 7) is 0. The highest BCUT2D eigenvalue weighted by atomic mass is 16.3. The van der Waals surface area contributed by atoms with E-state index < -0.39 is 0 Å². The number of benzene rings is 6. The molecule has 0 spiro atoms. The number of fused-ring (bicyclic) bond motifs is 9. The van der Waals surface area contributed by atoms with Gasteiger partial charge < -0.3 is 8.83 Å². The van der Waals surface area contributed by atoms with Gasteiger partial charge >= 0.3 is 0 Å². The van der Waals surface area contributed by atoms with E-state index in [9.17, 15) is 0 Å². The van der Waals surface area contributed by atoms with Gasteiger partial charge in [0, 0.05) is 32.3 Å². The summed E-state index contributed by atoms with van der Waals surface area (Å²) in [6, 6.07) is 29.8. The third-order valence-corrected chi connectivity index (χ3v) is 6.59. The molecule has 0 bridgehead atoms. The molecule has 138 valence electrons. The van der Waals surface area contributed by atoms with Crippen molar-refractivity contribution in [3.05, 3.63) is 84.9 Å². The molecule has 8 rings (SSSR count). The van der Waals surface area contributed by atoms with Crippen LogP contribution in [-0.4, -0.2) is 0 Å². The maximum Gasteiger partial charge on any atom is 0.144 e. The Hall–Kier alpha value is -4.04. The van der Waals surface area contributed by atoms with E-state index >= 15 is 0 Å². The van der Waals surface area contributed by atoms with Gasteiger partial charge in [-0.1, -0.05) is 66.7 Å². The van der Waals surface area contributed by atoms with Crippen LogP contribution < -0.4 is 0 Å². The predicted molar refractivity (Wildman–Crippen MR) is 125 cm³/mol. The van der Waals surface area contributed by atoms with Crippen LogP contribution in [0.2, 0.25) is 0 Å². The Bertz CT molecular complexity index is 1950. The minimum atomic E-state index is 0.906. The molecule has 0 aliphatic heterocycles. The normalized spacial score (nSPS) is 12.7. The van der Waals surface area contributed by atoms with Crippen molar-refractivity contribution in [2.75, 3.05) is 0 Å². The summed E-state index contributed by atoms with van der Waals surface area (Å²) in [6.07, 6.45) is 0. The summed E-state index contributed by atoms with van der Waals surface area (Å²) in [5, 5.41) is 12.1. The number of furan rings is 2. The Morgan fingerprint density at radius 2 is 1.10 bits per heavy atom. The summed E-state index contributed by atoms with van der Waals surface area (Å²) in [4.78, 5) is 0. The Balaban J connectivity index is 1.81. The fraction of sp³-hybridized carbons (Fsp3) is 0. The number of para-hydroxylation sites is 2. The Morgan fingerprint density at radius 3 is 1.97 bits per heavy atom. The van der Waals surface area contributed by atoms with E-state index in [1.54, 1.807) is 0 Å². The van der Waals surface area contributed by atoms with Gasteiger partial charge in [0.25, 0.3) is 0 Å². The third kappa shape index (κ3) is 1.60. The molecule has 0 radical (unpaired) electrons. The molecule has 0 aliphatic carbocycles. The first-order valence-corrected chi connectivity index (χ1v) is 10.2. The van der Waals surface area contributed by atoms with Crippen molar-refractivity contribution in [2.24, 2.45) is 0 Å².